The van der Waals surface area contributed by atoms with Crippen molar-refractivity contribution in [2.45, 2.75) is 39.0 Å². The van der Waals surface area contributed by atoms with Gasteiger partial charge in [-0.15, -0.1) is 0 Å². The predicted molar refractivity (Wildman–Crippen MR) is 131 cm³/mol. The Morgan fingerprint density at radius 2 is 1.65 bits per heavy atom. The maximum Gasteiger partial charge on any atom is 0.328 e. The van der Waals surface area contributed by atoms with E-state index in [2.05, 4.69) is 10.3 Å². The lowest BCUT2D eigenvalue weighted by atomic mass is 10.0. The topological polar surface area (TPSA) is 113 Å². The molecule has 0 aliphatic heterocycles. The van der Waals surface area contributed by atoms with Crippen molar-refractivity contribution in [3.05, 3.63) is 83.9 Å². The second-order valence-electron chi connectivity index (χ2n) is 8.02. The zero-order valence-electron chi connectivity index (χ0n) is 20.8. The second-order valence-corrected chi connectivity index (χ2v) is 8.02. The molecule has 1 N–H and O–H groups in total. The van der Waals surface area contributed by atoms with E-state index in [0.29, 0.717) is 5.75 Å². The Kier molecular flexibility index (Phi) is 9.15. The molecule has 0 bridgehead atoms. The molecule has 1 aromatic heterocycles. The SMILES string of the molecule is COc1ccnc(C(=O)N[C@@H](C)C(=O)O[C@@H](C)[C@H](Oc2ccc(F)cc2)c2ccccc2)c1OC(C)=O. The molecule has 1 amide bonds. The van der Waals surface area contributed by atoms with Crippen LogP contribution in [0.15, 0.2) is 66.9 Å². The highest BCUT2D eigenvalue weighted by molar-refractivity contribution is 5.98. The number of nitrogens with one attached hydrogen (secondary N) is 1. The molecular formula is C27H27FN2O7. The molecule has 0 radical (unpaired) electrons. The normalized spacial score (nSPS) is 13.0. The number of ether oxygens (including phenoxy) is 4. The van der Waals surface area contributed by atoms with Crippen LogP contribution in [0.2, 0.25) is 0 Å². The Labute approximate surface area is 213 Å². The molecule has 2 aromatic carbocycles. The van der Waals surface area contributed by atoms with Crippen LogP contribution in [0.3, 0.4) is 0 Å². The largest absolute Gasteiger partial charge is 0.493 e. The number of hydrogen-bond donors (Lipinski definition) is 1. The molecule has 1 heterocycles. The summed E-state index contributed by atoms with van der Waals surface area (Å²) in [7, 11) is 1.35. The average Bonchev–Trinajstić information content (AvgIpc) is 2.88. The van der Waals surface area contributed by atoms with E-state index in [0.717, 1.165) is 5.56 Å². The number of methoxy groups -OCH3 is 1. The fraction of sp³-hybridized carbons (Fsp3) is 0.259. The third-order valence-corrected chi connectivity index (χ3v) is 5.18. The van der Waals surface area contributed by atoms with Crippen molar-refractivity contribution in [2.24, 2.45) is 0 Å². The highest BCUT2D eigenvalue weighted by atomic mass is 19.1. The molecule has 3 aromatic rings. The molecule has 0 saturated heterocycles. The van der Waals surface area contributed by atoms with E-state index in [9.17, 15) is 18.8 Å². The Bertz CT molecular complexity index is 1240. The number of esters is 2. The lowest BCUT2D eigenvalue weighted by Gasteiger charge is -2.27. The Balaban J connectivity index is 1.73. The first-order valence-electron chi connectivity index (χ1n) is 11.4. The lowest BCUT2D eigenvalue weighted by Crippen LogP contribution is -2.42. The number of pyridine rings is 1. The lowest BCUT2D eigenvalue weighted by molar-refractivity contribution is -0.154. The Hall–Kier alpha value is -4.47. The molecule has 194 valence electrons. The average molecular weight is 511 g/mol. The standard InChI is InChI=1S/C27H27FN2O7/c1-16(30-26(32)23-25(36-18(3)31)22(34-4)14-15-29-23)27(33)35-17(2)24(19-8-6-5-7-9-19)37-21-12-10-20(28)11-13-21/h5-17,24H,1-4H3,(H,30,32)/t16-,17-,24-/m0/s1. The third kappa shape index (κ3) is 7.26. The van der Waals surface area contributed by atoms with E-state index in [1.165, 1.54) is 57.5 Å². The Morgan fingerprint density at radius 1 is 0.973 bits per heavy atom. The van der Waals surface area contributed by atoms with E-state index in [4.69, 9.17) is 18.9 Å². The van der Waals surface area contributed by atoms with Crippen molar-refractivity contribution >= 4 is 17.8 Å². The van der Waals surface area contributed by atoms with E-state index >= 15 is 0 Å². The zero-order valence-corrected chi connectivity index (χ0v) is 20.8. The van der Waals surface area contributed by atoms with Crippen LogP contribution in [-0.2, 0) is 14.3 Å². The molecule has 0 aliphatic rings. The van der Waals surface area contributed by atoms with Crippen LogP contribution in [0.1, 0.15) is 42.9 Å². The predicted octanol–water partition coefficient (Wildman–Crippen LogP) is 4.02. The Morgan fingerprint density at radius 3 is 2.27 bits per heavy atom. The number of carbonyl (C=O) groups excluding carboxylic acids is 3. The molecule has 3 rings (SSSR count). The molecule has 0 aliphatic carbocycles. The molecule has 0 saturated carbocycles. The van der Waals surface area contributed by atoms with Crippen LogP contribution in [0.5, 0.6) is 17.2 Å². The summed E-state index contributed by atoms with van der Waals surface area (Å²) in [5, 5.41) is 2.50. The van der Waals surface area contributed by atoms with Crippen LogP contribution < -0.4 is 19.5 Å². The van der Waals surface area contributed by atoms with E-state index in [-0.39, 0.29) is 17.2 Å². The quantitative estimate of drug-likeness (QED) is 0.407. The van der Waals surface area contributed by atoms with Gasteiger partial charge in [-0.3, -0.25) is 9.59 Å². The first-order valence-corrected chi connectivity index (χ1v) is 11.4. The molecule has 9 nitrogen and oxygen atoms in total. The minimum atomic E-state index is -1.09. The van der Waals surface area contributed by atoms with Gasteiger partial charge in [-0.25, -0.2) is 14.2 Å². The smallest absolute Gasteiger partial charge is 0.328 e. The van der Waals surface area contributed by atoms with Gasteiger partial charge in [0.25, 0.3) is 5.91 Å². The number of rotatable bonds is 10. The number of benzene rings is 2. The molecule has 10 heteroatoms. The number of amides is 1. The van der Waals surface area contributed by atoms with Gasteiger partial charge >= 0.3 is 11.9 Å². The van der Waals surface area contributed by atoms with Gasteiger partial charge in [-0.05, 0) is 43.7 Å². The van der Waals surface area contributed by atoms with Gasteiger partial charge in [0.15, 0.2) is 17.5 Å². The van der Waals surface area contributed by atoms with Crippen LogP contribution in [-0.4, -0.2) is 42.1 Å². The highest BCUT2D eigenvalue weighted by Crippen LogP contribution is 2.30. The minimum Gasteiger partial charge on any atom is -0.493 e. The number of halogens is 1. The summed E-state index contributed by atoms with van der Waals surface area (Å²) in [6.45, 7) is 4.26. The van der Waals surface area contributed by atoms with E-state index < -0.39 is 41.9 Å². The van der Waals surface area contributed by atoms with Crippen LogP contribution >= 0.6 is 0 Å². The second kappa shape index (κ2) is 12.5. The third-order valence-electron chi connectivity index (χ3n) is 5.18. The minimum absolute atomic E-state index is 0.128. The maximum absolute atomic E-state index is 13.3. The van der Waals surface area contributed by atoms with Crippen molar-refractivity contribution in [2.75, 3.05) is 7.11 Å². The number of carbonyl (C=O) groups is 3. The fourth-order valence-electron chi connectivity index (χ4n) is 3.40. The van der Waals surface area contributed by atoms with Crippen molar-refractivity contribution < 1.29 is 37.7 Å². The summed E-state index contributed by atoms with van der Waals surface area (Å²) < 4.78 is 35.2. The van der Waals surface area contributed by atoms with Gasteiger partial charge in [-0.2, -0.15) is 0 Å². The van der Waals surface area contributed by atoms with E-state index in [1.807, 2.05) is 30.3 Å². The summed E-state index contributed by atoms with van der Waals surface area (Å²) in [6, 6.07) is 14.9. The summed E-state index contributed by atoms with van der Waals surface area (Å²) >= 11 is 0. The molecule has 0 fully saturated rings. The van der Waals surface area contributed by atoms with Gasteiger partial charge in [0, 0.05) is 19.2 Å². The van der Waals surface area contributed by atoms with Gasteiger partial charge in [0.05, 0.1) is 7.11 Å². The van der Waals surface area contributed by atoms with Gasteiger partial charge < -0.3 is 24.3 Å². The van der Waals surface area contributed by atoms with Gasteiger partial charge in [0.2, 0.25) is 5.75 Å². The zero-order chi connectivity index (χ0) is 26.9. The highest BCUT2D eigenvalue weighted by Gasteiger charge is 2.29. The van der Waals surface area contributed by atoms with Crippen molar-refractivity contribution in [3.8, 4) is 17.2 Å². The van der Waals surface area contributed by atoms with Crippen LogP contribution in [0.25, 0.3) is 0 Å². The summed E-state index contributed by atoms with van der Waals surface area (Å²) in [4.78, 5) is 41.2. The van der Waals surface area contributed by atoms with E-state index in [1.54, 1.807) is 6.92 Å². The first-order chi connectivity index (χ1) is 17.7. The van der Waals surface area contributed by atoms with Crippen molar-refractivity contribution in [1.82, 2.24) is 10.3 Å². The van der Waals surface area contributed by atoms with Gasteiger partial charge in [0.1, 0.15) is 23.7 Å². The molecule has 0 unspecified atom stereocenters. The fourth-order valence-corrected chi connectivity index (χ4v) is 3.40. The van der Waals surface area contributed by atoms with Gasteiger partial charge in [-0.1, -0.05) is 30.3 Å². The molecule has 0 spiro atoms. The number of hydrogen-bond acceptors (Lipinski definition) is 8. The first kappa shape index (κ1) is 27.1. The summed E-state index contributed by atoms with van der Waals surface area (Å²) in [5.41, 5.74) is 0.500. The number of nitrogens with zero attached hydrogens (tertiary/aromatic N) is 1. The molecular weight excluding hydrogens is 483 g/mol. The monoisotopic (exact) mass is 510 g/mol. The van der Waals surface area contributed by atoms with Crippen molar-refractivity contribution in [3.63, 3.8) is 0 Å². The van der Waals surface area contributed by atoms with Crippen LogP contribution in [0, 0.1) is 5.82 Å². The molecule has 3 atom stereocenters. The van der Waals surface area contributed by atoms with Crippen LogP contribution in [0.4, 0.5) is 4.39 Å². The van der Waals surface area contributed by atoms with Crippen molar-refractivity contribution in [1.29, 1.82) is 0 Å². The molecule has 37 heavy (non-hydrogen) atoms. The summed E-state index contributed by atoms with van der Waals surface area (Å²) in [5.74, 6) is -2.23. The summed E-state index contributed by atoms with van der Waals surface area (Å²) in [6.07, 6.45) is -0.191. The maximum atomic E-state index is 13.3. The number of aromatic nitrogens is 1.